The fourth-order valence-corrected chi connectivity index (χ4v) is 2.89. The molecule has 0 aromatic carbocycles. The Hall–Kier alpha value is -2.48. The summed E-state index contributed by atoms with van der Waals surface area (Å²) in [6.45, 7) is 8.03. The van der Waals surface area contributed by atoms with E-state index in [0.717, 1.165) is 29.9 Å². The highest BCUT2D eigenvalue weighted by atomic mass is 32.1. The van der Waals surface area contributed by atoms with Gasteiger partial charge in [-0.25, -0.2) is 0 Å². The maximum atomic E-state index is 12.6. The number of hydrogen-bond donors (Lipinski definition) is 1. The third kappa shape index (κ3) is 2.96. The van der Waals surface area contributed by atoms with Crippen molar-refractivity contribution < 1.29 is 4.79 Å². The van der Waals surface area contributed by atoms with E-state index in [4.69, 9.17) is 12.2 Å². The average Bonchev–Trinajstić information content (AvgIpc) is 3.24. The first-order valence-corrected chi connectivity index (χ1v) is 8.32. The Balaban J connectivity index is 1.80. The van der Waals surface area contributed by atoms with Crippen LogP contribution in [0, 0.1) is 6.92 Å². The van der Waals surface area contributed by atoms with Crippen LogP contribution in [0.4, 0.5) is 0 Å². The fraction of sp³-hybridized carbons (Fsp3) is 0.375. The summed E-state index contributed by atoms with van der Waals surface area (Å²) in [5, 5.41) is 11.9. The summed E-state index contributed by atoms with van der Waals surface area (Å²) in [7, 11) is 0. The molecule has 1 fully saturated rings. The zero-order chi connectivity index (χ0) is 17.3. The van der Waals surface area contributed by atoms with E-state index < -0.39 is 0 Å². The molecule has 7 nitrogen and oxygen atoms in total. The van der Waals surface area contributed by atoms with Crippen LogP contribution in [0.3, 0.4) is 0 Å². The molecule has 0 spiro atoms. The number of aryl methyl sites for hydroxylation is 2. The second-order valence-corrected chi connectivity index (χ2v) is 5.97. The van der Waals surface area contributed by atoms with Crippen LogP contribution in [0.2, 0.25) is 0 Å². The van der Waals surface area contributed by atoms with Crippen LogP contribution >= 0.6 is 12.2 Å². The van der Waals surface area contributed by atoms with Crippen molar-refractivity contribution in [2.45, 2.75) is 40.4 Å². The van der Waals surface area contributed by atoms with Gasteiger partial charge < -0.3 is 5.32 Å². The molecule has 2 aromatic heterocycles. The number of carbonyl (C=O) groups excluding carboxylic acids is 1. The van der Waals surface area contributed by atoms with E-state index in [-0.39, 0.29) is 5.91 Å². The van der Waals surface area contributed by atoms with Gasteiger partial charge in [0.05, 0.1) is 18.9 Å². The Morgan fingerprint density at radius 1 is 1.25 bits per heavy atom. The van der Waals surface area contributed by atoms with Crippen LogP contribution in [0.1, 0.15) is 30.7 Å². The Kier molecular flexibility index (Phi) is 4.48. The highest BCUT2D eigenvalue weighted by Gasteiger charge is 2.31. The van der Waals surface area contributed by atoms with Crippen molar-refractivity contribution in [3.05, 3.63) is 41.1 Å². The largest absolute Gasteiger partial charge is 0.328 e. The van der Waals surface area contributed by atoms with Gasteiger partial charge in [-0.05, 0) is 39.1 Å². The number of amides is 1. The standard InChI is InChI=1S/C16H20N6OS/c1-4-20-9-12(7-17-20)10-21-15(23)14(19-16(21)24)6-13-8-18-22(5-2)11(13)3/h6-9H,4-5,10H2,1-3H3,(H,19,24)/b14-6+. The van der Waals surface area contributed by atoms with E-state index in [9.17, 15) is 4.79 Å². The molecular weight excluding hydrogens is 324 g/mol. The Bertz CT molecular complexity index is 818. The molecule has 0 aliphatic carbocycles. The quantitative estimate of drug-likeness (QED) is 0.660. The van der Waals surface area contributed by atoms with E-state index in [2.05, 4.69) is 15.5 Å². The van der Waals surface area contributed by atoms with Crippen molar-refractivity contribution in [2.75, 3.05) is 0 Å². The lowest BCUT2D eigenvalue weighted by Crippen LogP contribution is -2.29. The number of carbonyl (C=O) groups is 1. The van der Waals surface area contributed by atoms with Crippen LogP contribution < -0.4 is 5.32 Å². The third-order valence-electron chi connectivity index (χ3n) is 4.05. The summed E-state index contributed by atoms with van der Waals surface area (Å²) in [4.78, 5) is 14.2. The molecule has 126 valence electrons. The fourth-order valence-electron chi connectivity index (χ4n) is 2.64. The predicted molar refractivity (Wildman–Crippen MR) is 94.8 cm³/mol. The Labute approximate surface area is 145 Å². The van der Waals surface area contributed by atoms with Crippen molar-refractivity contribution in [2.24, 2.45) is 0 Å². The van der Waals surface area contributed by atoms with Crippen molar-refractivity contribution in [3.8, 4) is 0 Å². The summed E-state index contributed by atoms with van der Waals surface area (Å²) in [5.41, 5.74) is 3.36. The second kappa shape index (κ2) is 6.56. The molecule has 8 heteroatoms. The molecule has 24 heavy (non-hydrogen) atoms. The van der Waals surface area contributed by atoms with Gasteiger partial charge in [-0.15, -0.1) is 0 Å². The van der Waals surface area contributed by atoms with Gasteiger partial charge in [0, 0.05) is 36.1 Å². The van der Waals surface area contributed by atoms with Crippen LogP contribution in [0.25, 0.3) is 6.08 Å². The van der Waals surface area contributed by atoms with Crippen LogP contribution in [-0.2, 0) is 24.4 Å². The van der Waals surface area contributed by atoms with Gasteiger partial charge in [0.1, 0.15) is 5.70 Å². The molecule has 3 rings (SSSR count). The summed E-state index contributed by atoms with van der Waals surface area (Å²) in [6, 6.07) is 0. The lowest BCUT2D eigenvalue weighted by Gasteiger charge is -2.12. The van der Waals surface area contributed by atoms with E-state index >= 15 is 0 Å². The Morgan fingerprint density at radius 3 is 2.67 bits per heavy atom. The molecular formula is C16H20N6OS. The molecule has 0 saturated carbocycles. The highest BCUT2D eigenvalue weighted by molar-refractivity contribution is 7.80. The van der Waals surface area contributed by atoms with E-state index in [1.54, 1.807) is 23.4 Å². The summed E-state index contributed by atoms with van der Waals surface area (Å²) < 4.78 is 3.71. The smallest absolute Gasteiger partial charge is 0.276 e. The molecule has 1 saturated heterocycles. The van der Waals surface area contributed by atoms with Crippen LogP contribution in [-0.4, -0.2) is 35.5 Å². The molecule has 0 radical (unpaired) electrons. The van der Waals surface area contributed by atoms with Crippen LogP contribution in [0.15, 0.2) is 24.3 Å². The normalized spacial score (nSPS) is 16.3. The summed E-state index contributed by atoms with van der Waals surface area (Å²) >= 11 is 5.31. The first-order valence-electron chi connectivity index (χ1n) is 7.91. The van der Waals surface area contributed by atoms with Crippen molar-refractivity contribution >= 4 is 29.3 Å². The molecule has 1 aliphatic rings. The number of hydrogen-bond acceptors (Lipinski definition) is 4. The number of thiocarbonyl (C=S) groups is 1. The van der Waals surface area contributed by atoms with Gasteiger partial charge in [0.2, 0.25) is 0 Å². The number of aromatic nitrogens is 4. The van der Waals surface area contributed by atoms with Gasteiger partial charge in [0.25, 0.3) is 5.91 Å². The molecule has 1 N–H and O–H groups in total. The number of nitrogens with one attached hydrogen (secondary N) is 1. The summed E-state index contributed by atoms with van der Waals surface area (Å²) in [6.07, 6.45) is 7.25. The maximum absolute atomic E-state index is 12.6. The minimum absolute atomic E-state index is 0.132. The SMILES string of the molecule is CCn1cc(CN2C(=O)/C(=C\c3cnn(CC)c3C)NC2=S)cn1. The van der Waals surface area contributed by atoms with E-state index in [1.807, 2.05) is 36.3 Å². The average molecular weight is 344 g/mol. The molecule has 3 heterocycles. The first kappa shape index (κ1) is 16.4. The minimum Gasteiger partial charge on any atom is -0.328 e. The first-order chi connectivity index (χ1) is 11.5. The molecule has 0 bridgehead atoms. The highest BCUT2D eigenvalue weighted by Crippen LogP contribution is 2.18. The maximum Gasteiger partial charge on any atom is 0.276 e. The van der Waals surface area contributed by atoms with Crippen molar-refractivity contribution in [1.29, 1.82) is 0 Å². The van der Waals surface area contributed by atoms with Gasteiger partial charge in [-0.3, -0.25) is 19.1 Å². The molecule has 1 amide bonds. The van der Waals surface area contributed by atoms with Gasteiger partial charge >= 0.3 is 0 Å². The Morgan fingerprint density at radius 2 is 2.04 bits per heavy atom. The lowest BCUT2D eigenvalue weighted by molar-refractivity contribution is -0.122. The zero-order valence-electron chi connectivity index (χ0n) is 14.0. The van der Waals surface area contributed by atoms with Gasteiger partial charge in [-0.1, -0.05) is 0 Å². The number of nitrogens with zero attached hydrogens (tertiary/aromatic N) is 5. The molecule has 2 aromatic rings. The molecule has 0 atom stereocenters. The third-order valence-corrected chi connectivity index (χ3v) is 4.38. The second-order valence-electron chi connectivity index (χ2n) is 5.58. The lowest BCUT2D eigenvalue weighted by atomic mass is 10.2. The topological polar surface area (TPSA) is 68.0 Å². The van der Waals surface area contributed by atoms with Crippen LogP contribution in [0.5, 0.6) is 0 Å². The predicted octanol–water partition coefficient (Wildman–Crippen LogP) is 1.69. The van der Waals surface area contributed by atoms with E-state index in [1.165, 1.54) is 0 Å². The van der Waals surface area contributed by atoms with Crippen molar-refractivity contribution in [1.82, 2.24) is 29.8 Å². The van der Waals surface area contributed by atoms with Gasteiger partial charge in [-0.2, -0.15) is 10.2 Å². The minimum atomic E-state index is -0.132. The number of rotatable bonds is 5. The van der Waals surface area contributed by atoms with Gasteiger partial charge in [0.15, 0.2) is 5.11 Å². The zero-order valence-corrected chi connectivity index (χ0v) is 14.8. The molecule has 0 unspecified atom stereocenters. The van der Waals surface area contributed by atoms with E-state index in [0.29, 0.717) is 17.4 Å². The van der Waals surface area contributed by atoms with Crippen molar-refractivity contribution in [3.63, 3.8) is 0 Å². The monoisotopic (exact) mass is 344 g/mol. The molecule has 1 aliphatic heterocycles. The summed E-state index contributed by atoms with van der Waals surface area (Å²) in [5.74, 6) is -0.132.